The summed E-state index contributed by atoms with van der Waals surface area (Å²) in [5.41, 5.74) is 1.42. The van der Waals surface area contributed by atoms with E-state index in [9.17, 15) is 5.11 Å². The van der Waals surface area contributed by atoms with Gasteiger partial charge in [0.2, 0.25) is 0 Å². The number of allylic oxidation sites excluding steroid dienone is 1. The molecular weight excluding hydrogens is 124 g/mol. The molecule has 0 aromatic rings. The molecule has 0 fully saturated rings. The molecule has 0 amide bonds. The van der Waals surface area contributed by atoms with Gasteiger partial charge in [0.25, 0.3) is 0 Å². The standard InChI is InChI=1S/C9H16O/c1-6-4-7(2)9(10)8(3)5-6/h4,7-10H,5H2,1-3H3/t7?,8?,9-/m0/s1. The van der Waals surface area contributed by atoms with Gasteiger partial charge in [-0.2, -0.15) is 0 Å². The molecule has 0 radical (unpaired) electrons. The predicted molar refractivity (Wildman–Crippen MR) is 42.7 cm³/mol. The van der Waals surface area contributed by atoms with Crippen LogP contribution in [0.15, 0.2) is 11.6 Å². The highest BCUT2D eigenvalue weighted by Gasteiger charge is 2.23. The van der Waals surface area contributed by atoms with Crippen LogP contribution < -0.4 is 0 Å². The summed E-state index contributed by atoms with van der Waals surface area (Å²) in [5.74, 6) is 0.795. The Kier molecular flexibility index (Phi) is 2.14. The molecule has 0 saturated carbocycles. The summed E-state index contributed by atoms with van der Waals surface area (Å²) in [5, 5.41) is 9.52. The molecule has 3 atom stereocenters. The van der Waals surface area contributed by atoms with Crippen LogP contribution in [0.5, 0.6) is 0 Å². The van der Waals surface area contributed by atoms with Crippen molar-refractivity contribution in [1.82, 2.24) is 0 Å². The fourth-order valence-corrected chi connectivity index (χ4v) is 1.76. The van der Waals surface area contributed by atoms with Crippen molar-refractivity contribution in [3.05, 3.63) is 11.6 Å². The first-order valence-corrected chi connectivity index (χ1v) is 3.96. The molecule has 1 heteroatoms. The zero-order valence-corrected chi connectivity index (χ0v) is 6.96. The van der Waals surface area contributed by atoms with Crippen LogP contribution >= 0.6 is 0 Å². The van der Waals surface area contributed by atoms with Gasteiger partial charge in [-0.3, -0.25) is 0 Å². The van der Waals surface area contributed by atoms with Gasteiger partial charge in [-0.05, 0) is 19.3 Å². The summed E-state index contributed by atoms with van der Waals surface area (Å²) in [6.45, 7) is 6.32. The number of rotatable bonds is 0. The lowest BCUT2D eigenvalue weighted by atomic mass is 9.82. The van der Waals surface area contributed by atoms with Gasteiger partial charge in [0.15, 0.2) is 0 Å². The van der Waals surface area contributed by atoms with E-state index in [0.29, 0.717) is 11.8 Å². The molecule has 1 N–H and O–H groups in total. The molecule has 0 spiro atoms. The third-order valence-corrected chi connectivity index (χ3v) is 2.31. The maximum atomic E-state index is 9.52. The Balaban J connectivity index is 2.69. The summed E-state index contributed by atoms with van der Waals surface area (Å²) in [7, 11) is 0. The van der Waals surface area contributed by atoms with Gasteiger partial charge in [0.05, 0.1) is 6.10 Å². The van der Waals surface area contributed by atoms with Crippen LogP contribution in [-0.2, 0) is 0 Å². The van der Waals surface area contributed by atoms with Gasteiger partial charge in [-0.15, -0.1) is 0 Å². The molecule has 0 aromatic heterocycles. The third-order valence-electron chi connectivity index (χ3n) is 2.31. The highest BCUT2D eigenvalue weighted by Crippen LogP contribution is 2.27. The summed E-state index contributed by atoms with van der Waals surface area (Å²) in [6, 6.07) is 0. The maximum Gasteiger partial charge on any atom is 0.0628 e. The predicted octanol–water partition coefficient (Wildman–Crippen LogP) is 1.97. The van der Waals surface area contributed by atoms with Crippen LogP contribution in [0.4, 0.5) is 0 Å². The van der Waals surface area contributed by atoms with Crippen LogP contribution in [0, 0.1) is 11.8 Å². The van der Waals surface area contributed by atoms with Gasteiger partial charge in [-0.1, -0.05) is 25.5 Å². The molecule has 1 aliphatic carbocycles. The first kappa shape index (κ1) is 7.80. The van der Waals surface area contributed by atoms with Crippen molar-refractivity contribution < 1.29 is 5.11 Å². The van der Waals surface area contributed by atoms with Crippen LogP contribution in [-0.4, -0.2) is 11.2 Å². The summed E-state index contributed by atoms with van der Waals surface area (Å²) < 4.78 is 0. The topological polar surface area (TPSA) is 20.2 Å². The van der Waals surface area contributed by atoms with E-state index in [1.54, 1.807) is 0 Å². The molecule has 0 saturated heterocycles. The van der Waals surface area contributed by atoms with Crippen LogP contribution in [0.2, 0.25) is 0 Å². The average Bonchev–Trinajstić information content (AvgIpc) is 1.82. The van der Waals surface area contributed by atoms with Crippen molar-refractivity contribution >= 4 is 0 Å². The average molecular weight is 140 g/mol. The molecule has 0 aliphatic heterocycles. The first-order valence-electron chi connectivity index (χ1n) is 3.96. The molecule has 2 unspecified atom stereocenters. The second-order valence-corrected chi connectivity index (χ2v) is 3.54. The van der Waals surface area contributed by atoms with E-state index in [-0.39, 0.29) is 6.10 Å². The highest BCUT2D eigenvalue weighted by molar-refractivity contribution is 5.08. The Morgan fingerprint density at radius 3 is 2.60 bits per heavy atom. The van der Waals surface area contributed by atoms with Crippen LogP contribution in [0.25, 0.3) is 0 Å². The number of aliphatic hydroxyl groups excluding tert-OH is 1. The lowest BCUT2D eigenvalue weighted by Gasteiger charge is -2.28. The zero-order chi connectivity index (χ0) is 7.72. The van der Waals surface area contributed by atoms with Gasteiger partial charge in [0, 0.05) is 5.92 Å². The molecule has 1 nitrogen and oxygen atoms in total. The summed E-state index contributed by atoms with van der Waals surface area (Å²) >= 11 is 0. The highest BCUT2D eigenvalue weighted by atomic mass is 16.3. The van der Waals surface area contributed by atoms with E-state index in [0.717, 1.165) is 6.42 Å². The zero-order valence-electron chi connectivity index (χ0n) is 6.96. The molecule has 0 aromatic carbocycles. The minimum Gasteiger partial charge on any atom is -0.392 e. The fourth-order valence-electron chi connectivity index (χ4n) is 1.76. The second kappa shape index (κ2) is 2.75. The van der Waals surface area contributed by atoms with Crippen molar-refractivity contribution in [3.8, 4) is 0 Å². The van der Waals surface area contributed by atoms with E-state index in [1.165, 1.54) is 5.57 Å². The van der Waals surface area contributed by atoms with E-state index in [4.69, 9.17) is 0 Å². The Bertz CT molecular complexity index is 149. The lowest BCUT2D eigenvalue weighted by molar-refractivity contribution is 0.0755. The minimum atomic E-state index is -0.122. The number of hydrogen-bond acceptors (Lipinski definition) is 1. The van der Waals surface area contributed by atoms with Gasteiger partial charge >= 0.3 is 0 Å². The molecule has 1 rings (SSSR count). The minimum absolute atomic E-state index is 0.122. The second-order valence-electron chi connectivity index (χ2n) is 3.54. The maximum absolute atomic E-state index is 9.52. The largest absolute Gasteiger partial charge is 0.392 e. The molecule has 1 aliphatic rings. The molecular formula is C9H16O. The first-order chi connectivity index (χ1) is 4.61. The monoisotopic (exact) mass is 140 g/mol. The Labute approximate surface area is 62.8 Å². The summed E-state index contributed by atoms with van der Waals surface area (Å²) in [4.78, 5) is 0. The third kappa shape index (κ3) is 1.40. The number of hydrogen-bond donors (Lipinski definition) is 1. The van der Waals surface area contributed by atoms with E-state index in [2.05, 4.69) is 26.8 Å². The van der Waals surface area contributed by atoms with Crippen molar-refractivity contribution in [2.24, 2.45) is 11.8 Å². The molecule has 0 heterocycles. The molecule has 0 bridgehead atoms. The van der Waals surface area contributed by atoms with Gasteiger partial charge < -0.3 is 5.11 Å². The quantitative estimate of drug-likeness (QED) is 0.510. The fraction of sp³-hybridized carbons (Fsp3) is 0.778. The Hall–Kier alpha value is -0.300. The Morgan fingerprint density at radius 2 is 2.10 bits per heavy atom. The van der Waals surface area contributed by atoms with Crippen LogP contribution in [0.1, 0.15) is 27.2 Å². The summed E-state index contributed by atoms with van der Waals surface area (Å²) in [6.07, 6.45) is 3.11. The van der Waals surface area contributed by atoms with E-state index < -0.39 is 0 Å². The van der Waals surface area contributed by atoms with Crippen LogP contribution in [0.3, 0.4) is 0 Å². The van der Waals surface area contributed by atoms with Gasteiger partial charge in [-0.25, -0.2) is 0 Å². The molecule has 10 heavy (non-hydrogen) atoms. The van der Waals surface area contributed by atoms with Crippen molar-refractivity contribution in [1.29, 1.82) is 0 Å². The normalized spacial score (nSPS) is 41.2. The lowest BCUT2D eigenvalue weighted by Crippen LogP contribution is -2.28. The number of aliphatic hydroxyl groups is 1. The Morgan fingerprint density at radius 1 is 1.50 bits per heavy atom. The van der Waals surface area contributed by atoms with Crippen molar-refractivity contribution in [3.63, 3.8) is 0 Å². The van der Waals surface area contributed by atoms with E-state index in [1.807, 2.05) is 0 Å². The molecule has 58 valence electrons. The van der Waals surface area contributed by atoms with E-state index >= 15 is 0 Å². The van der Waals surface area contributed by atoms with Crippen molar-refractivity contribution in [2.45, 2.75) is 33.3 Å². The van der Waals surface area contributed by atoms with Gasteiger partial charge in [0.1, 0.15) is 0 Å². The van der Waals surface area contributed by atoms with Crippen molar-refractivity contribution in [2.75, 3.05) is 0 Å². The SMILES string of the molecule is CC1=CC(C)[C@H](O)C(C)C1. The smallest absolute Gasteiger partial charge is 0.0628 e.